The lowest BCUT2D eigenvalue weighted by Crippen LogP contribution is -2.28. The van der Waals surface area contributed by atoms with Crippen LogP contribution < -0.4 is 0 Å². The van der Waals surface area contributed by atoms with E-state index in [0.29, 0.717) is 23.6 Å². The predicted molar refractivity (Wildman–Crippen MR) is 115 cm³/mol. The summed E-state index contributed by atoms with van der Waals surface area (Å²) in [5, 5.41) is 0. The first kappa shape index (κ1) is 22.8. The summed E-state index contributed by atoms with van der Waals surface area (Å²) < 4.78 is 65.8. The molecule has 0 spiro atoms. The van der Waals surface area contributed by atoms with Gasteiger partial charge in [0.15, 0.2) is 0 Å². The number of rotatable bonds is 3. The number of halogens is 5. The van der Waals surface area contributed by atoms with Crippen molar-refractivity contribution in [2.75, 3.05) is 0 Å². The Labute approximate surface area is 186 Å². The van der Waals surface area contributed by atoms with Crippen LogP contribution in [0.25, 0.3) is 0 Å². The molecular formula is C27H27F5. The molecule has 0 radical (unpaired) electrons. The Morgan fingerprint density at radius 3 is 2.34 bits per heavy atom. The molecule has 0 aliphatic heterocycles. The van der Waals surface area contributed by atoms with Crippen LogP contribution in [0.5, 0.6) is 0 Å². The minimum Gasteiger partial charge on any atom is -0.206 e. The smallest absolute Gasteiger partial charge is 0.206 e. The van der Waals surface area contributed by atoms with E-state index in [1.54, 1.807) is 0 Å². The Kier molecular flexibility index (Phi) is 6.60. The van der Waals surface area contributed by atoms with Gasteiger partial charge in [-0.05, 0) is 85.3 Å². The summed E-state index contributed by atoms with van der Waals surface area (Å²) in [6, 6.07) is 7.33. The van der Waals surface area contributed by atoms with Gasteiger partial charge in [0.1, 0.15) is 17.2 Å². The Hall–Kier alpha value is -2.35. The van der Waals surface area contributed by atoms with Crippen LogP contribution in [0.4, 0.5) is 22.0 Å². The minimum absolute atomic E-state index is 0.115. The second kappa shape index (κ2) is 9.25. The van der Waals surface area contributed by atoms with Crippen molar-refractivity contribution in [2.45, 2.75) is 70.4 Å². The van der Waals surface area contributed by atoms with Gasteiger partial charge in [-0.15, -0.1) is 0 Å². The molecule has 1 fully saturated rings. The van der Waals surface area contributed by atoms with Crippen LogP contribution in [-0.2, 0) is 12.6 Å². The van der Waals surface area contributed by atoms with Crippen molar-refractivity contribution in [3.63, 3.8) is 0 Å². The maximum Gasteiger partial charge on any atom is 0.422 e. The third-order valence-corrected chi connectivity index (χ3v) is 7.06. The highest BCUT2D eigenvalue weighted by Crippen LogP contribution is 2.48. The quantitative estimate of drug-likeness (QED) is 0.331. The van der Waals surface area contributed by atoms with E-state index >= 15 is 0 Å². The molecular weight excluding hydrogens is 419 g/mol. The zero-order chi connectivity index (χ0) is 22.9. The molecule has 2 aliphatic carbocycles. The molecule has 2 aromatic carbocycles. The van der Waals surface area contributed by atoms with E-state index in [-0.39, 0.29) is 5.56 Å². The summed E-state index contributed by atoms with van der Waals surface area (Å²) in [5.41, 5.74) is 1.38. The lowest BCUT2D eigenvalue weighted by atomic mass is 9.64. The van der Waals surface area contributed by atoms with Crippen LogP contribution in [0, 0.1) is 35.3 Å². The zero-order valence-electron chi connectivity index (χ0n) is 18.2. The van der Waals surface area contributed by atoms with Crippen molar-refractivity contribution in [3.05, 3.63) is 69.8 Å². The van der Waals surface area contributed by atoms with E-state index in [1.807, 2.05) is 12.1 Å². The van der Waals surface area contributed by atoms with E-state index in [0.717, 1.165) is 18.3 Å². The molecule has 0 nitrogen and oxygen atoms in total. The molecule has 0 saturated heterocycles. The molecule has 0 aromatic heterocycles. The molecule has 0 heterocycles. The normalized spacial score (nSPS) is 22.5. The topological polar surface area (TPSA) is 0 Å². The molecule has 0 amide bonds. The lowest BCUT2D eigenvalue weighted by Gasteiger charge is -2.40. The molecule has 1 saturated carbocycles. The van der Waals surface area contributed by atoms with Gasteiger partial charge in [0, 0.05) is 11.1 Å². The second-order valence-electron chi connectivity index (χ2n) is 9.20. The Balaban J connectivity index is 1.51. The molecule has 2 aromatic rings. The van der Waals surface area contributed by atoms with Crippen molar-refractivity contribution < 1.29 is 22.0 Å². The highest BCUT2D eigenvalue weighted by atomic mass is 19.4. The Morgan fingerprint density at radius 2 is 1.66 bits per heavy atom. The molecule has 3 unspecified atom stereocenters. The lowest BCUT2D eigenvalue weighted by molar-refractivity contribution is -0.142. The summed E-state index contributed by atoms with van der Waals surface area (Å²) in [4.78, 5) is 0. The fourth-order valence-electron chi connectivity index (χ4n) is 5.51. The van der Waals surface area contributed by atoms with Gasteiger partial charge >= 0.3 is 6.18 Å². The number of unbranched alkanes of at least 4 members (excludes halogenated alkanes) is 1. The maximum absolute atomic E-state index is 13.8. The first-order chi connectivity index (χ1) is 15.3. The van der Waals surface area contributed by atoms with Crippen molar-refractivity contribution in [3.8, 4) is 11.8 Å². The monoisotopic (exact) mass is 446 g/mol. The van der Waals surface area contributed by atoms with E-state index < -0.39 is 23.4 Å². The average molecular weight is 447 g/mol. The molecule has 2 aliphatic rings. The number of fused-ring (bicyclic) bond motifs is 3. The predicted octanol–water partition coefficient (Wildman–Crippen LogP) is 8.02. The van der Waals surface area contributed by atoms with Gasteiger partial charge in [0.25, 0.3) is 0 Å². The molecule has 32 heavy (non-hydrogen) atoms. The second-order valence-corrected chi connectivity index (χ2v) is 9.20. The molecule has 0 bridgehead atoms. The van der Waals surface area contributed by atoms with Crippen LogP contribution in [0.15, 0.2) is 30.3 Å². The first-order valence-corrected chi connectivity index (χ1v) is 11.5. The van der Waals surface area contributed by atoms with Gasteiger partial charge in [-0.2, -0.15) is 13.2 Å². The van der Waals surface area contributed by atoms with E-state index in [4.69, 9.17) is 0 Å². The van der Waals surface area contributed by atoms with E-state index in [1.165, 1.54) is 56.1 Å². The van der Waals surface area contributed by atoms with Crippen LogP contribution in [0.1, 0.15) is 85.6 Å². The maximum atomic E-state index is 13.8. The number of benzene rings is 2. The summed E-state index contributed by atoms with van der Waals surface area (Å²) in [7, 11) is 0. The highest BCUT2D eigenvalue weighted by molar-refractivity contribution is 5.48. The fraction of sp³-hybridized carbons (Fsp3) is 0.481. The van der Waals surface area contributed by atoms with Crippen molar-refractivity contribution in [2.24, 2.45) is 11.8 Å². The van der Waals surface area contributed by atoms with Gasteiger partial charge in [-0.25, -0.2) is 8.78 Å². The van der Waals surface area contributed by atoms with Crippen molar-refractivity contribution in [1.29, 1.82) is 0 Å². The van der Waals surface area contributed by atoms with Crippen LogP contribution >= 0.6 is 0 Å². The summed E-state index contributed by atoms with van der Waals surface area (Å²) in [5.74, 6) is 4.37. The number of aryl methyl sites for hydroxylation is 1. The Bertz CT molecular complexity index is 1020. The van der Waals surface area contributed by atoms with Gasteiger partial charge < -0.3 is 0 Å². The summed E-state index contributed by atoms with van der Waals surface area (Å²) in [6.07, 6.45) is 4.82. The highest BCUT2D eigenvalue weighted by Gasteiger charge is 2.38. The van der Waals surface area contributed by atoms with Crippen LogP contribution in [-0.4, -0.2) is 0 Å². The molecule has 4 rings (SSSR count). The van der Waals surface area contributed by atoms with Crippen molar-refractivity contribution >= 4 is 0 Å². The largest absolute Gasteiger partial charge is 0.422 e. The Morgan fingerprint density at radius 1 is 0.938 bits per heavy atom. The number of hydrogen-bond acceptors (Lipinski definition) is 0. The number of hydrogen-bond donors (Lipinski definition) is 0. The van der Waals surface area contributed by atoms with Crippen LogP contribution in [0.2, 0.25) is 0 Å². The van der Waals surface area contributed by atoms with Crippen molar-refractivity contribution in [1.82, 2.24) is 0 Å². The third kappa shape index (κ3) is 4.85. The molecule has 5 heteroatoms. The standard InChI is InChI=1S/C27H27F5/c1-2-3-4-17-7-11-22-20(13-17)9-10-21-14-18(8-12-23(21)22)5-6-19-15-24(28)26(25(29)16-19)27(30,31)32/h8,12,14-17,20,22H,2-4,7,9-11,13H2,1H3. The first-order valence-electron chi connectivity index (χ1n) is 11.5. The van der Waals surface area contributed by atoms with Gasteiger partial charge in [-0.3, -0.25) is 0 Å². The molecule has 0 N–H and O–H groups in total. The van der Waals surface area contributed by atoms with Gasteiger partial charge in [0.05, 0.1) is 0 Å². The van der Waals surface area contributed by atoms with E-state index in [2.05, 4.69) is 24.8 Å². The summed E-state index contributed by atoms with van der Waals surface area (Å²) in [6.45, 7) is 2.24. The fourth-order valence-corrected chi connectivity index (χ4v) is 5.51. The van der Waals surface area contributed by atoms with Gasteiger partial charge in [-0.1, -0.05) is 44.1 Å². The van der Waals surface area contributed by atoms with Crippen LogP contribution in [0.3, 0.4) is 0 Å². The average Bonchev–Trinajstić information content (AvgIpc) is 2.74. The van der Waals surface area contributed by atoms with E-state index in [9.17, 15) is 22.0 Å². The number of alkyl halides is 3. The molecule has 170 valence electrons. The minimum atomic E-state index is -5.08. The SMILES string of the molecule is CCCCC1CCC2c3ccc(C#Cc4cc(F)c(C(F)(F)F)c(F)c4)cc3CCC2C1. The zero-order valence-corrected chi connectivity index (χ0v) is 18.2. The van der Waals surface area contributed by atoms with Gasteiger partial charge in [0.2, 0.25) is 0 Å². The summed E-state index contributed by atoms with van der Waals surface area (Å²) >= 11 is 0. The molecule has 3 atom stereocenters. The third-order valence-electron chi connectivity index (χ3n) is 7.06.